The summed E-state index contributed by atoms with van der Waals surface area (Å²) in [5.41, 5.74) is 1.34. The average Bonchev–Trinajstić information content (AvgIpc) is 3.32. The molecule has 210 valence electrons. The van der Waals surface area contributed by atoms with Gasteiger partial charge >= 0.3 is 6.18 Å². The summed E-state index contributed by atoms with van der Waals surface area (Å²) in [5.74, 6) is 1.93. The molecule has 1 aliphatic carbocycles. The maximum atomic E-state index is 14.2. The Morgan fingerprint density at radius 1 is 1.12 bits per heavy atom. The number of halogens is 3. The molecule has 0 bridgehead atoms. The van der Waals surface area contributed by atoms with Gasteiger partial charge < -0.3 is 4.57 Å². The summed E-state index contributed by atoms with van der Waals surface area (Å²) in [5, 5.41) is 10.2. The van der Waals surface area contributed by atoms with Gasteiger partial charge in [-0.05, 0) is 79.0 Å². The molecule has 0 radical (unpaired) electrons. The summed E-state index contributed by atoms with van der Waals surface area (Å²) in [6.07, 6.45) is 1.16. The standard InChI is InChI=1S/C31H33F3N4OS/c1-19-6-5-9-38(15-19)16-21-10-24-27(39)25(17-40-28(24)26(11-21)31(32,33)34)22-7-4-8-23(12-22)30(13-20(2)14-30)29-36-35-18-37(29)3/h4,7-8,10-12,17-20H,5-6,9,13-16H2,1-3H3/t19-,20?,30?/m0/s1. The zero-order chi connectivity index (χ0) is 28.2. The van der Waals surface area contributed by atoms with Crippen LogP contribution in [0.5, 0.6) is 0 Å². The number of hydrogen-bond acceptors (Lipinski definition) is 5. The van der Waals surface area contributed by atoms with Gasteiger partial charge in [-0.25, -0.2) is 0 Å². The van der Waals surface area contributed by atoms with Crippen LogP contribution in [0.15, 0.2) is 52.9 Å². The summed E-state index contributed by atoms with van der Waals surface area (Å²) >= 11 is 0.995. The number of likely N-dealkylation sites (tertiary alicyclic amines) is 1. The second kappa shape index (κ2) is 10.1. The number of piperidine rings is 1. The van der Waals surface area contributed by atoms with Crippen molar-refractivity contribution >= 4 is 21.4 Å². The molecule has 1 atom stereocenters. The highest BCUT2D eigenvalue weighted by molar-refractivity contribution is 7.17. The highest BCUT2D eigenvalue weighted by Crippen LogP contribution is 2.52. The number of rotatable bonds is 5. The van der Waals surface area contributed by atoms with Crippen molar-refractivity contribution in [2.45, 2.75) is 57.7 Å². The molecule has 0 amide bonds. The minimum atomic E-state index is -4.54. The first-order valence-corrected chi connectivity index (χ1v) is 14.8. The van der Waals surface area contributed by atoms with Crippen LogP contribution in [0.25, 0.3) is 21.2 Å². The number of nitrogens with zero attached hydrogens (tertiary/aromatic N) is 4. The van der Waals surface area contributed by atoms with E-state index >= 15 is 0 Å². The molecule has 6 rings (SSSR count). The summed E-state index contributed by atoms with van der Waals surface area (Å²) in [6, 6.07) is 10.8. The predicted octanol–water partition coefficient (Wildman–Crippen LogP) is 7.02. The lowest BCUT2D eigenvalue weighted by Gasteiger charge is -2.46. The fourth-order valence-corrected chi connectivity index (χ4v) is 7.93. The fraction of sp³-hybridized carbons (Fsp3) is 0.452. The molecule has 40 heavy (non-hydrogen) atoms. The van der Waals surface area contributed by atoms with Gasteiger partial charge in [0, 0.05) is 36.5 Å². The summed E-state index contributed by atoms with van der Waals surface area (Å²) in [7, 11) is 1.94. The van der Waals surface area contributed by atoms with Crippen LogP contribution >= 0.6 is 11.3 Å². The number of hydrogen-bond donors (Lipinski definition) is 0. The molecule has 4 aromatic rings. The molecule has 1 saturated carbocycles. The number of fused-ring (bicyclic) bond motifs is 1. The van der Waals surface area contributed by atoms with E-state index in [1.165, 1.54) is 6.07 Å². The molecule has 9 heteroatoms. The molecule has 2 aliphatic rings. The van der Waals surface area contributed by atoms with Crippen molar-refractivity contribution in [3.8, 4) is 11.1 Å². The smallest absolute Gasteiger partial charge is 0.320 e. The van der Waals surface area contributed by atoms with Gasteiger partial charge in [-0.15, -0.1) is 21.5 Å². The van der Waals surface area contributed by atoms with Gasteiger partial charge in [0.2, 0.25) is 0 Å². The van der Waals surface area contributed by atoms with E-state index in [4.69, 9.17) is 0 Å². The Morgan fingerprint density at radius 2 is 1.93 bits per heavy atom. The molecular formula is C31H33F3N4OS. The lowest BCUT2D eigenvalue weighted by Crippen LogP contribution is -2.43. The molecule has 2 fully saturated rings. The van der Waals surface area contributed by atoms with Crippen molar-refractivity contribution in [1.82, 2.24) is 19.7 Å². The molecule has 0 unspecified atom stereocenters. The van der Waals surface area contributed by atoms with E-state index in [0.29, 0.717) is 35.1 Å². The van der Waals surface area contributed by atoms with Gasteiger partial charge in [0.1, 0.15) is 12.2 Å². The van der Waals surface area contributed by atoms with Gasteiger partial charge in [-0.2, -0.15) is 13.2 Å². The van der Waals surface area contributed by atoms with E-state index in [0.717, 1.165) is 61.5 Å². The summed E-state index contributed by atoms with van der Waals surface area (Å²) in [6.45, 7) is 6.50. The molecular weight excluding hydrogens is 533 g/mol. The molecule has 1 saturated heterocycles. The Bertz CT molecular complexity index is 1620. The predicted molar refractivity (Wildman–Crippen MR) is 152 cm³/mol. The van der Waals surface area contributed by atoms with Crippen LogP contribution in [0, 0.1) is 11.8 Å². The van der Waals surface area contributed by atoms with E-state index < -0.39 is 11.7 Å². The molecule has 1 aliphatic heterocycles. The van der Waals surface area contributed by atoms with Gasteiger partial charge in [-0.3, -0.25) is 9.69 Å². The number of aromatic nitrogens is 3. The Labute approximate surface area is 235 Å². The third-order valence-corrected chi connectivity index (χ3v) is 9.67. The van der Waals surface area contributed by atoms with Crippen LogP contribution in [0.1, 0.15) is 62.0 Å². The Kier molecular flexibility index (Phi) is 6.86. The van der Waals surface area contributed by atoms with E-state index in [9.17, 15) is 18.0 Å². The lowest BCUT2D eigenvalue weighted by atomic mass is 9.58. The van der Waals surface area contributed by atoms with E-state index in [-0.39, 0.29) is 20.9 Å². The molecule has 2 aromatic heterocycles. The highest BCUT2D eigenvalue weighted by atomic mass is 32.1. The van der Waals surface area contributed by atoms with Gasteiger partial charge in [-0.1, -0.05) is 32.0 Å². The number of benzene rings is 2. The van der Waals surface area contributed by atoms with Crippen LogP contribution in [0.3, 0.4) is 0 Å². The van der Waals surface area contributed by atoms with Crippen LogP contribution < -0.4 is 5.43 Å². The van der Waals surface area contributed by atoms with E-state index in [1.807, 2.05) is 29.8 Å². The minimum Gasteiger partial charge on any atom is -0.320 e. The Hall–Kier alpha value is -3.04. The van der Waals surface area contributed by atoms with Crippen molar-refractivity contribution in [2.24, 2.45) is 18.9 Å². The SMILES string of the molecule is CC1CC(c2cccc(-c3csc4c(C(F)(F)F)cc(CN5CCC[C@H](C)C5)cc4c3=O)c2)(c2nncn2C)C1. The van der Waals surface area contributed by atoms with Gasteiger partial charge in [0.25, 0.3) is 0 Å². The first kappa shape index (κ1) is 27.1. The Morgan fingerprint density at radius 3 is 2.60 bits per heavy atom. The largest absolute Gasteiger partial charge is 0.417 e. The van der Waals surface area contributed by atoms with Crippen molar-refractivity contribution in [1.29, 1.82) is 0 Å². The van der Waals surface area contributed by atoms with Crippen LogP contribution in [-0.4, -0.2) is 32.8 Å². The third-order valence-electron chi connectivity index (χ3n) is 8.64. The fourth-order valence-electron chi connectivity index (χ4n) is 6.87. The topological polar surface area (TPSA) is 51.0 Å². The lowest BCUT2D eigenvalue weighted by molar-refractivity contribution is -0.136. The van der Waals surface area contributed by atoms with Crippen molar-refractivity contribution < 1.29 is 13.2 Å². The average molecular weight is 567 g/mol. The zero-order valence-electron chi connectivity index (χ0n) is 23.0. The first-order chi connectivity index (χ1) is 19.0. The maximum Gasteiger partial charge on any atom is 0.417 e. The minimum absolute atomic E-state index is 0.00320. The number of alkyl halides is 3. The molecule has 3 heterocycles. The molecule has 0 spiro atoms. The highest BCUT2D eigenvalue weighted by Gasteiger charge is 2.48. The Balaban J connectivity index is 1.45. The second-order valence-electron chi connectivity index (χ2n) is 11.9. The summed E-state index contributed by atoms with van der Waals surface area (Å²) < 4.78 is 44.5. The van der Waals surface area contributed by atoms with E-state index in [1.54, 1.807) is 17.8 Å². The van der Waals surface area contributed by atoms with Crippen molar-refractivity contribution in [2.75, 3.05) is 13.1 Å². The third kappa shape index (κ3) is 4.77. The van der Waals surface area contributed by atoms with Crippen molar-refractivity contribution in [3.63, 3.8) is 0 Å². The first-order valence-electron chi connectivity index (χ1n) is 13.9. The maximum absolute atomic E-state index is 14.2. The molecule has 2 aromatic carbocycles. The second-order valence-corrected chi connectivity index (χ2v) is 12.8. The van der Waals surface area contributed by atoms with E-state index in [2.05, 4.69) is 35.0 Å². The normalized spacial score (nSPS) is 23.9. The quantitative estimate of drug-likeness (QED) is 0.260. The molecule has 5 nitrogen and oxygen atoms in total. The van der Waals surface area contributed by atoms with Gasteiger partial charge in [0.15, 0.2) is 5.43 Å². The summed E-state index contributed by atoms with van der Waals surface area (Å²) in [4.78, 5) is 16.1. The van der Waals surface area contributed by atoms with Crippen molar-refractivity contribution in [3.05, 3.63) is 80.8 Å². The zero-order valence-corrected chi connectivity index (χ0v) is 23.8. The van der Waals surface area contributed by atoms with Crippen LogP contribution in [0.2, 0.25) is 0 Å². The molecule has 0 N–H and O–H groups in total. The van der Waals surface area contributed by atoms with Crippen LogP contribution in [-0.2, 0) is 25.2 Å². The van der Waals surface area contributed by atoms with Crippen LogP contribution in [0.4, 0.5) is 13.2 Å². The number of aryl methyl sites for hydroxylation is 1. The van der Waals surface area contributed by atoms with Gasteiger partial charge in [0.05, 0.1) is 15.7 Å². The monoisotopic (exact) mass is 566 g/mol.